The van der Waals surface area contributed by atoms with E-state index in [1.54, 1.807) is 12.1 Å². The highest BCUT2D eigenvalue weighted by Gasteiger charge is 2.12. The molecule has 2 N–H and O–H groups in total. The Morgan fingerprint density at radius 3 is 2.71 bits per heavy atom. The van der Waals surface area contributed by atoms with E-state index < -0.39 is 11.5 Å². The van der Waals surface area contributed by atoms with Crippen molar-refractivity contribution in [2.45, 2.75) is 0 Å². The molecule has 0 spiro atoms. The normalized spacial score (nSPS) is 10.5. The summed E-state index contributed by atoms with van der Waals surface area (Å²) in [6, 6.07) is 4.37. The number of aromatic amines is 1. The summed E-state index contributed by atoms with van der Waals surface area (Å²) in [5.74, 6) is -0.895. The molecule has 1 aromatic heterocycles. The fraction of sp³-hybridized carbons (Fsp3) is 0.0909. The van der Waals surface area contributed by atoms with Crippen LogP contribution in [0.25, 0.3) is 10.9 Å². The average molecular weight is 254 g/mol. The fourth-order valence-electron chi connectivity index (χ4n) is 1.57. The summed E-state index contributed by atoms with van der Waals surface area (Å²) < 4.78 is 5.06. The molecular weight excluding hydrogens is 246 g/mol. The molecule has 0 fully saturated rings. The fourth-order valence-corrected chi connectivity index (χ4v) is 1.79. The van der Waals surface area contributed by atoms with Gasteiger partial charge in [-0.3, -0.25) is 4.79 Å². The van der Waals surface area contributed by atoms with Crippen LogP contribution in [0.15, 0.2) is 23.0 Å². The van der Waals surface area contributed by atoms with E-state index in [1.807, 2.05) is 0 Å². The number of fused-ring (bicyclic) bond motifs is 1. The van der Waals surface area contributed by atoms with Gasteiger partial charge in [0.1, 0.15) is 11.3 Å². The number of halogens is 1. The number of ether oxygens (including phenoxy) is 1. The lowest BCUT2D eigenvalue weighted by molar-refractivity contribution is 0.0695. The molecule has 0 aliphatic carbocycles. The standard InChI is InChI=1S/C11H8ClNO4/c1-17-8-4-6(12)2-5-3-7(11(15)16)10(14)13-9(5)8/h2-4H,1H3,(H,13,14)(H,15,16). The molecule has 0 aliphatic rings. The first kappa shape index (κ1) is 11.5. The minimum absolute atomic E-state index is 0.332. The van der Waals surface area contributed by atoms with Crippen LogP contribution in [0, 0.1) is 0 Å². The SMILES string of the molecule is COc1cc(Cl)cc2cc(C(=O)O)c(=O)[nH]c12. The summed E-state index contributed by atoms with van der Waals surface area (Å²) >= 11 is 5.85. The van der Waals surface area contributed by atoms with Crippen molar-refractivity contribution in [2.75, 3.05) is 7.11 Å². The third-order valence-corrected chi connectivity index (χ3v) is 2.55. The van der Waals surface area contributed by atoms with E-state index in [1.165, 1.54) is 13.2 Å². The Kier molecular flexibility index (Phi) is 2.77. The van der Waals surface area contributed by atoms with E-state index in [4.69, 9.17) is 21.4 Å². The van der Waals surface area contributed by atoms with E-state index in [9.17, 15) is 9.59 Å². The number of nitrogens with one attached hydrogen (secondary N) is 1. The van der Waals surface area contributed by atoms with Gasteiger partial charge >= 0.3 is 5.97 Å². The maximum atomic E-state index is 11.5. The van der Waals surface area contributed by atoms with Crippen molar-refractivity contribution in [1.82, 2.24) is 4.98 Å². The number of carboxylic acid groups (broad SMARTS) is 1. The Balaban J connectivity index is 2.87. The van der Waals surface area contributed by atoms with Crippen LogP contribution in [0.3, 0.4) is 0 Å². The zero-order chi connectivity index (χ0) is 12.6. The number of pyridine rings is 1. The maximum Gasteiger partial charge on any atom is 0.341 e. The smallest absolute Gasteiger partial charge is 0.341 e. The second-order valence-electron chi connectivity index (χ2n) is 3.39. The molecule has 0 atom stereocenters. The first-order valence-corrected chi connectivity index (χ1v) is 5.04. The summed E-state index contributed by atoms with van der Waals surface area (Å²) in [5, 5.41) is 9.74. The van der Waals surface area contributed by atoms with Crippen LogP contribution < -0.4 is 10.3 Å². The molecule has 0 unspecified atom stereocenters. The lowest BCUT2D eigenvalue weighted by atomic mass is 10.1. The largest absolute Gasteiger partial charge is 0.494 e. The maximum absolute atomic E-state index is 11.5. The predicted molar refractivity (Wildman–Crippen MR) is 63.1 cm³/mol. The highest BCUT2D eigenvalue weighted by Crippen LogP contribution is 2.27. The molecule has 1 aromatic carbocycles. The third-order valence-electron chi connectivity index (χ3n) is 2.33. The number of rotatable bonds is 2. The van der Waals surface area contributed by atoms with Crippen LogP contribution in [-0.4, -0.2) is 23.2 Å². The number of H-pyrrole nitrogens is 1. The Morgan fingerprint density at radius 2 is 2.12 bits per heavy atom. The van der Waals surface area contributed by atoms with Gasteiger partial charge in [0.25, 0.3) is 5.56 Å². The van der Waals surface area contributed by atoms with Crippen molar-refractivity contribution >= 4 is 28.5 Å². The van der Waals surface area contributed by atoms with Crippen LogP contribution in [-0.2, 0) is 0 Å². The molecule has 0 saturated heterocycles. The van der Waals surface area contributed by atoms with Crippen LogP contribution >= 0.6 is 11.6 Å². The lowest BCUT2D eigenvalue weighted by Crippen LogP contribution is -2.17. The Bertz CT molecular complexity index is 662. The molecule has 2 aromatic rings. The molecule has 88 valence electrons. The Labute approximate surface area is 101 Å². The number of benzene rings is 1. The van der Waals surface area contributed by atoms with Crippen molar-refractivity contribution in [3.05, 3.63) is 39.1 Å². The van der Waals surface area contributed by atoms with Crippen molar-refractivity contribution in [3.8, 4) is 5.75 Å². The number of hydrogen-bond donors (Lipinski definition) is 2. The molecule has 1 heterocycles. The highest BCUT2D eigenvalue weighted by atomic mass is 35.5. The summed E-state index contributed by atoms with van der Waals surface area (Å²) in [7, 11) is 1.44. The molecule has 0 saturated carbocycles. The summed E-state index contributed by atoms with van der Waals surface area (Å²) in [6.45, 7) is 0. The quantitative estimate of drug-likeness (QED) is 0.857. The number of carbonyl (C=O) groups is 1. The minimum Gasteiger partial charge on any atom is -0.494 e. The van der Waals surface area contributed by atoms with Crippen LogP contribution in [0.4, 0.5) is 0 Å². The number of aromatic carboxylic acids is 1. The van der Waals surface area contributed by atoms with Gasteiger partial charge in [0.15, 0.2) is 0 Å². The zero-order valence-electron chi connectivity index (χ0n) is 8.78. The second-order valence-corrected chi connectivity index (χ2v) is 3.83. The molecule has 0 aliphatic heterocycles. The highest BCUT2D eigenvalue weighted by molar-refractivity contribution is 6.31. The summed E-state index contributed by atoms with van der Waals surface area (Å²) in [6.07, 6.45) is 0. The third kappa shape index (κ3) is 1.97. The van der Waals surface area contributed by atoms with Gasteiger partial charge in [-0.1, -0.05) is 11.6 Å². The van der Waals surface area contributed by atoms with Gasteiger partial charge in [0, 0.05) is 16.5 Å². The summed E-state index contributed by atoms with van der Waals surface area (Å²) in [5.41, 5.74) is -0.584. The molecule has 0 amide bonds. The molecule has 5 nitrogen and oxygen atoms in total. The van der Waals surface area contributed by atoms with Gasteiger partial charge in [0.2, 0.25) is 0 Å². The van der Waals surface area contributed by atoms with Gasteiger partial charge < -0.3 is 14.8 Å². The first-order chi connectivity index (χ1) is 8.02. The predicted octanol–water partition coefficient (Wildman–Crippen LogP) is 1.89. The van der Waals surface area contributed by atoms with Crippen molar-refractivity contribution < 1.29 is 14.6 Å². The average Bonchev–Trinajstić information content (AvgIpc) is 2.27. The van der Waals surface area contributed by atoms with E-state index in [0.29, 0.717) is 21.7 Å². The van der Waals surface area contributed by atoms with Crippen molar-refractivity contribution in [3.63, 3.8) is 0 Å². The van der Waals surface area contributed by atoms with E-state index in [2.05, 4.69) is 4.98 Å². The minimum atomic E-state index is -1.29. The zero-order valence-corrected chi connectivity index (χ0v) is 9.54. The molecular formula is C11H8ClNO4. The van der Waals surface area contributed by atoms with Gasteiger partial charge in [-0.2, -0.15) is 0 Å². The van der Waals surface area contributed by atoms with E-state index in [0.717, 1.165) is 0 Å². The van der Waals surface area contributed by atoms with E-state index in [-0.39, 0.29) is 5.56 Å². The van der Waals surface area contributed by atoms with E-state index >= 15 is 0 Å². The van der Waals surface area contributed by atoms with Crippen LogP contribution in [0.2, 0.25) is 5.02 Å². The van der Waals surface area contributed by atoms with Crippen LogP contribution in [0.1, 0.15) is 10.4 Å². The number of hydrogen-bond acceptors (Lipinski definition) is 3. The number of methoxy groups -OCH3 is 1. The number of carboxylic acids is 1. The summed E-state index contributed by atoms with van der Waals surface area (Å²) in [4.78, 5) is 24.8. The van der Waals surface area contributed by atoms with Gasteiger partial charge in [0.05, 0.1) is 12.6 Å². The lowest BCUT2D eigenvalue weighted by Gasteiger charge is -2.06. The molecule has 0 radical (unpaired) electrons. The monoisotopic (exact) mass is 253 g/mol. The topological polar surface area (TPSA) is 79.4 Å². The molecule has 0 bridgehead atoms. The molecule has 2 rings (SSSR count). The van der Waals surface area contributed by atoms with Gasteiger partial charge in [-0.25, -0.2) is 4.79 Å². The number of aromatic nitrogens is 1. The Hall–Kier alpha value is -2.01. The van der Waals surface area contributed by atoms with Crippen LogP contribution in [0.5, 0.6) is 5.75 Å². The van der Waals surface area contributed by atoms with Crippen molar-refractivity contribution in [1.29, 1.82) is 0 Å². The van der Waals surface area contributed by atoms with Crippen molar-refractivity contribution in [2.24, 2.45) is 0 Å². The second kappa shape index (κ2) is 4.10. The molecule has 17 heavy (non-hydrogen) atoms. The van der Waals surface area contributed by atoms with Gasteiger partial charge in [-0.05, 0) is 12.1 Å². The first-order valence-electron chi connectivity index (χ1n) is 4.67. The van der Waals surface area contributed by atoms with Gasteiger partial charge in [-0.15, -0.1) is 0 Å². The Morgan fingerprint density at radius 1 is 1.41 bits per heavy atom. The molecule has 6 heteroatoms.